The maximum atomic E-state index is 12.7. The van der Waals surface area contributed by atoms with Gasteiger partial charge in [-0.2, -0.15) is 9.97 Å². The summed E-state index contributed by atoms with van der Waals surface area (Å²) in [4.78, 5) is 42.9. The zero-order valence-corrected chi connectivity index (χ0v) is 22.4. The quantitative estimate of drug-likeness (QED) is 0.302. The Hall–Kier alpha value is -4.74. The number of oxazole rings is 1. The van der Waals surface area contributed by atoms with Crippen molar-refractivity contribution in [1.29, 1.82) is 0 Å². The van der Waals surface area contributed by atoms with Crippen molar-refractivity contribution in [2.45, 2.75) is 46.1 Å². The van der Waals surface area contributed by atoms with Crippen LogP contribution in [-0.4, -0.2) is 67.6 Å². The van der Waals surface area contributed by atoms with E-state index in [1.807, 2.05) is 32.9 Å². The van der Waals surface area contributed by atoms with Crippen molar-refractivity contribution in [2.75, 3.05) is 19.8 Å². The topological polar surface area (TPSA) is 150 Å². The minimum atomic E-state index is -0.996. The molecule has 1 amide bonds. The van der Waals surface area contributed by atoms with Gasteiger partial charge >= 0.3 is 12.0 Å². The Morgan fingerprint density at radius 2 is 1.95 bits per heavy atom. The fourth-order valence-corrected chi connectivity index (χ4v) is 4.60. The predicted octanol–water partition coefficient (Wildman–Crippen LogP) is 4.33. The van der Waals surface area contributed by atoms with Gasteiger partial charge in [-0.3, -0.25) is 9.78 Å². The molecule has 4 aromatic rings. The largest absolute Gasteiger partial charge is 0.483 e. The zero-order valence-electron chi connectivity index (χ0n) is 22.4. The van der Waals surface area contributed by atoms with Gasteiger partial charge in [-0.25, -0.2) is 9.78 Å². The molecule has 5 rings (SSSR count). The number of carbonyl (C=O) groups is 2. The second-order valence-electron chi connectivity index (χ2n) is 9.43. The lowest BCUT2D eigenvalue weighted by Gasteiger charge is -2.22. The number of carbonyl (C=O) groups excluding carboxylic acids is 1. The van der Waals surface area contributed by atoms with Crippen LogP contribution in [0.15, 0.2) is 41.1 Å². The van der Waals surface area contributed by atoms with Crippen LogP contribution in [0.1, 0.15) is 37.3 Å². The predicted molar refractivity (Wildman–Crippen MR) is 142 cm³/mol. The number of pyridine rings is 1. The Labute approximate surface area is 229 Å². The summed E-state index contributed by atoms with van der Waals surface area (Å²) in [6.45, 7) is 6.28. The van der Waals surface area contributed by atoms with E-state index < -0.39 is 12.0 Å². The van der Waals surface area contributed by atoms with E-state index in [-0.39, 0.29) is 30.1 Å². The summed E-state index contributed by atoms with van der Waals surface area (Å²) in [5.74, 6) is 0.206. The molecule has 40 heavy (non-hydrogen) atoms. The molecule has 0 aliphatic carbocycles. The Balaban J connectivity index is 1.39. The molecule has 1 saturated heterocycles. The molecule has 3 aromatic heterocycles. The van der Waals surface area contributed by atoms with E-state index in [0.717, 1.165) is 17.5 Å². The number of likely N-dealkylation sites (tertiary alicyclic amines) is 1. The number of aryl methyl sites for hydroxylation is 2. The van der Waals surface area contributed by atoms with Crippen molar-refractivity contribution in [2.24, 2.45) is 0 Å². The van der Waals surface area contributed by atoms with Crippen molar-refractivity contribution in [3.63, 3.8) is 0 Å². The number of ether oxygens (including phenoxy) is 3. The molecule has 1 aliphatic rings. The van der Waals surface area contributed by atoms with E-state index in [4.69, 9.17) is 18.6 Å². The Morgan fingerprint density at radius 3 is 2.65 bits per heavy atom. The number of nitrogens with zero attached hydrogens (tertiary/aromatic N) is 5. The number of carboxylic acids is 1. The highest BCUT2D eigenvalue weighted by atomic mass is 16.5. The second kappa shape index (κ2) is 11.6. The minimum absolute atomic E-state index is 0.0400. The SMILES string of the molecule is CCCOc1nc(Oc2cccnc2)nc2oc(-c3cc(C)c(OCC(=O)N4CCCC4C(=O)O)c(C)c3)nc12. The van der Waals surface area contributed by atoms with Crippen molar-refractivity contribution in [3.8, 4) is 34.8 Å². The molecule has 1 N–H and O–H groups in total. The molecule has 0 saturated carbocycles. The summed E-state index contributed by atoms with van der Waals surface area (Å²) < 4.78 is 23.4. The molecule has 1 unspecified atom stereocenters. The van der Waals surface area contributed by atoms with Crippen LogP contribution in [0.2, 0.25) is 0 Å². The first kappa shape index (κ1) is 26.9. The third kappa shape index (κ3) is 5.65. The van der Waals surface area contributed by atoms with Gasteiger partial charge in [0.05, 0.1) is 12.8 Å². The van der Waals surface area contributed by atoms with Crippen LogP contribution >= 0.6 is 0 Å². The molecule has 0 radical (unpaired) electrons. The van der Waals surface area contributed by atoms with E-state index >= 15 is 0 Å². The molecule has 12 nitrogen and oxygen atoms in total. The van der Waals surface area contributed by atoms with Crippen LogP contribution in [0.4, 0.5) is 0 Å². The number of carboxylic acid groups (broad SMARTS) is 1. The van der Waals surface area contributed by atoms with Crippen molar-refractivity contribution < 1.29 is 33.3 Å². The molecule has 0 bridgehead atoms. The summed E-state index contributed by atoms with van der Waals surface area (Å²) in [7, 11) is 0. The second-order valence-corrected chi connectivity index (χ2v) is 9.43. The summed E-state index contributed by atoms with van der Waals surface area (Å²) in [6, 6.07) is 6.38. The average Bonchev–Trinajstić information content (AvgIpc) is 3.60. The van der Waals surface area contributed by atoms with Crippen LogP contribution in [0, 0.1) is 13.8 Å². The van der Waals surface area contributed by atoms with Crippen molar-refractivity contribution in [3.05, 3.63) is 47.8 Å². The Bertz CT molecular complexity index is 1520. The molecule has 1 aliphatic heterocycles. The molecule has 0 spiro atoms. The summed E-state index contributed by atoms with van der Waals surface area (Å²) in [6.07, 6.45) is 5.06. The molecule has 4 heterocycles. The number of hydrogen-bond donors (Lipinski definition) is 1. The van der Waals surface area contributed by atoms with Crippen molar-refractivity contribution >= 4 is 23.1 Å². The average molecular weight is 548 g/mol. The number of aliphatic carboxylic acids is 1. The van der Waals surface area contributed by atoms with Gasteiger partial charge in [-0.1, -0.05) is 6.92 Å². The number of amides is 1. The van der Waals surface area contributed by atoms with Gasteiger partial charge < -0.3 is 28.6 Å². The zero-order chi connectivity index (χ0) is 28.2. The standard InChI is InChI=1S/C28H29N5O7/c1-4-11-37-25-22-26(32-28(31-25)39-19-7-5-9-29-14-19)40-24(30-22)18-12-16(2)23(17(3)13-18)38-15-21(34)33-10-6-8-20(33)27(35)36/h5,7,9,12-14,20H,4,6,8,10-11,15H2,1-3H3,(H,35,36). The molecule has 1 fully saturated rings. The number of fused-ring (bicyclic) bond motifs is 1. The number of rotatable bonds is 10. The fourth-order valence-electron chi connectivity index (χ4n) is 4.60. The fraction of sp³-hybridized carbons (Fsp3) is 0.357. The molecule has 12 heteroatoms. The lowest BCUT2D eigenvalue weighted by molar-refractivity contribution is -0.149. The number of hydrogen-bond acceptors (Lipinski definition) is 10. The Kier molecular flexibility index (Phi) is 7.76. The van der Waals surface area contributed by atoms with Crippen LogP contribution in [0.5, 0.6) is 23.4 Å². The van der Waals surface area contributed by atoms with E-state index in [9.17, 15) is 14.7 Å². The maximum Gasteiger partial charge on any atom is 0.328 e. The highest BCUT2D eigenvalue weighted by molar-refractivity contribution is 5.85. The molecular formula is C28H29N5O7. The Morgan fingerprint density at radius 1 is 1.15 bits per heavy atom. The van der Waals surface area contributed by atoms with Crippen LogP contribution in [0.25, 0.3) is 22.7 Å². The van der Waals surface area contributed by atoms with Gasteiger partial charge in [0.25, 0.3) is 17.5 Å². The van der Waals surface area contributed by atoms with Crippen LogP contribution in [-0.2, 0) is 9.59 Å². The van der Waals surface area contributed by atoms with E-state index in [0.29, 0.717) is 54.5 Å². The van der Waals surface area contributed by atoms with Gasteiger partial charge in [0, 0.05) is 18.3 Å². The van der Waals surface area contributed by atoms with Gasteiger partial charge in [-0.05, 0) is 68.5 Å². The lowest BCUT2D eigenvalue weighted by Crippen LogP contribution is -2.42. The van der Waals surface area contributed by atoms with Crippen LogP contribution in [0.3, 0.4) is 0 Å². The molecule has 208 valence electrons. The first-order chi connectivity index (χ1) is 19.3. The summed E-state index contributed by atoms with van der Waals surface area (Å²) >= 11 is 0. The maximum absolute atomic E-state index is 12.7. The smallest absolute Gasteiger partial charge is 0.328 e. The third-order valence-corrected chi connectivity index (χ3v) is 6.40. The van der Waals surface area contributed by atoms with Crippen molar-refractivity contribution in [1.82, 2.24) is 24.8 Å². The lowest BCUT2D eigenvalue weighted by atomic mass is 10.1. The van der Waals surface area contributed by atoms with Gasteiger partial charge in [0.2, 0.25) is 5.89 Å². The number of benzene rings is 1. The van der Waals surface area contributed by atoms with E-state index in [2.05, 4.69) is 19.9 Å². The first-order valence-corrected chi connectivity index (χ1v) is 13.0. The summed E-state index contributed by atoms with van der Waals surface area (Å²) in [5.41, 5.74) is 2.76. The highest BCUT2D eigenvalue weighted by Gasteiger charge is 2.34. The van der Waals surface area contributed by atoms with Gasteiger partial charge in [-0.15, -0.1) is 0 Å². The minimum Gasteiger partial charge on any atom is -0.483 e. The molecule has 1 atom stereocenters. The third-order valence-electron chi connectivity index (χ3n) is 6.40. The molecular weight excluding hydrogens is 518 g/mol. The highest BCUT2D eigenvalue weighted by Crippen LogP contribution is 2.34. The number of aromatic nitrogens is 4. The van der Waals surface area contributed by atoms with E-state index in [1.165, 1.54) is 4.90 Å². The monoisotopic (exact) mass is 547 g/mol. The first-order valence-electron chi connectivity index (χ1n) is 13.0. The van der Waals surface area contributed by atoms with E-state index in [1.54, 1.807) is 24.5 Å². The van der Waals surface area contributed by atoms with Gasteiger partial charge in [0.1, 0.15) is 17.5 Å². The normalized spacial score (nSPS) is 14.9. The molecule has 1 aromatic carbocycles. The van der Waals surface area contributed by atoms with Gasteiger partial charge in [0.15, 0.2) is 12.1 Å². The summed E-state index contributed by atoms with van der Waals surface area (Å²) in [5, 5.41) is 9.36. The van der Waals surface area contributed by atoms with Crippen LogP contribution < -0.4 is 14.2 Å².